The van der Waals surface area contributed by atoms with E-state index in [-0.39, 0.29) is 24.0 Å². The van der Waals surface area contributed by atoms with Crippen molar-refractivity contribution >= 4 is 15.9 Å². The summed E-state index contributed by atoms with van der Waals surface area (Å²) in [5.74, 6) is -0.275. The second kappa shape index (κ2) is 6.34. The molecule has 3 N–H and O–H groups in total. The molecule has 0 unspecified atom stereocenters. The molecule has 1 aromatic rings. The third-order valence-corrected chi connectivity index (χ3v) is 4.24. The van der Waals surface area contributed by atoms with E-state index in [1.54, 1.807) is 13.8 Å². The SMILES string of the molecule is CNC(=O)c1ccc(S(=O)(=O)NCC(C)(C)CO)cc1. The van der Waals surface area contributed by atoms with Gasteiger partial charge in [-0.1, -0.05) is 13.8 Å². The average molecular weight is 300 g/mol. The van der Waals surface area contributed by atoms with Gasteiger partial charge in [0.05, 0.1) is 4.90 Å². The molecule has 6 nitrogen and oxygen atoms in total. The van der Waals surface area contributed by atoms with Gasteiger partial charge in [-0.2, -0.15) is 0 Å². The van der Waals surface area contributed by atoms with Crippen LogP contribution in [-0.2, 0) is 10.0 Å². The molecule has 0 aromatic heterocycles. The van der Waals surface area contributed by atoms with Crippen LogP contribution in [0.25, 0.3) is 0 Å². The van der Waals surface area contributed by atoms with Crippen molar-refractivity contribution in [3.63, 3.8) is 0 Å². The molecule has 0 aliphatic rings. The average Bonchev–Trinajstić information content (AvgIpc) is 2.45. The van der Waals surface area contributed by atoms with Crippen LogP contribution in [0.15, 0.2) is 29.2 Å². The number of aliphatic hydroxyl groups excluding tert-OH is 1. The van der Waals surface area contributed by atoms with Gasteiger partial charge < -0.3 is 10.4 Å². The largest absolute Gasteiger partial charge is 0.396 e. The highest BCUT2D eigenvalue weighted by atomic mass is 32.2. The Kier molecular flexibility index (Phi) is 5.27. The zero-order valence-electron chi connectivity index (χ0n) is 11.8. The number of amides is 1. The molecule has 112 valence electrons. The highest BCUT2D eigenvalue weighted by Crippen LogP contribution is 2.15. The molecule has 20 heavy (non-hydrogen) atoms. The van der Waals surface area contributed by atoms with Crippen molar-refractivity contribution < 1.29 is 18.3 Å². The molecule has 0 radical (unpaired) electrons. The lowest BCUT2D eigenvalue weighted by Gasteiger charge is -2.21. The standard InChI is InChI=1S/C13H20N2O4S/c1-13(2,9-16)8-15-20(18,19)11-6-4-10(5-7-11)12(17)14-3/h4-7,15-16H,8-9H2,1-3H3,(H,14,17). The lowest BCUT2D eigenvalue weighted by Crippen LogP contribution is -2.36. The van der Waals surface area contributed by atoms with Crippen LogP contribution in [0.2, 0.25) is 0 Å². The summed E-state index contributed by atoms with van der Waals surface area (Å²) in [4.78, 5) is 11.4. The number of hydrogen-bond acceptors (Lipinski definition) is 4. The number of rotatable bonds is 6. The maximum absolute atomic E-state index is 12.1. The Morgan fingerprint density at radius 1 is 1.25 bits per heavy atom. The Balaban J connectivity index is 2.86. The fraction of sp³-hybridized carbons (Fsp3) is 0.462. The van der Waals surface area contributed by atoms with Crippen molar-refractivity contribution in [1.82, 2.24) is 10.0 Å². The van der Waals surface area contributed by atoms with Crippen LogP contribution in [-0.4, -0.2) is 39.6 Å². The first-order valence-electron chi connectivity index (χ1n) is 6.14. The zero-order chi connectivity index (χ0) is 15.4. The Morgan fingerprint density at radius 3 is 2.25 bits per heavy atom. The smallest absolute Gasteiger partial charge is 0.251 e. The van der Waals surface area contributed by atoms with Gasteiger partial charge in [-0.15, -0.1) is 0 Å². The Hall–Kier alpha value is -1.44. The maximum Gasteiger partial charge on any atom is 0.251 e. The molecule has 0 heterocycles. The minimum absolute atomic E-state index is 0.0823. The number of hydrogen-bond donors (Lipinski definition) is 3. The molecule has 0 spiro atoms. The second-order valence-electron chi connectivity index (χ2n) is 5.25. The minimum Gasteiger partial charge on any atom is -0.396 e. The van der Waals surface area contributed by atoms with Crippen molar-refractivity contribution in [3.05, 3.63) is 29.8 Å². The number of benzene rings is 1. The molecule has 0 aliphatic heterocycles. The highest BCUT2D eigenvalue weighted by molar-refractivity contribution is 7.89. The lowest BCUT2D eigenvalue weighted by atomic mass is 9.96. The van der Waals surface area contributed by atoms with Crippen LogP contribution in [0.5, 0.6) is 0 Å². The van der Waals surface area contributed by atoms with Crippen LogP contribution in [0.1, 0.15) is 24.2 Å². The van der Waals surface area contributed by atoms with Gasteiger partial charge in [0.25, 0.3) is 5.91 Å². The first-order valence-corrected chi connectivity index (χ1v) is 7.63. The Morgan fingerprint density at radius 2 is 1.80 bits per heavy atom. The van der Waals surface area contributed by atoms with Gasteiger partial charge in [-0.25, -0.2) is 13.1 Å². The lowest BCUT2D eigenvalue weighted by molar-refractivity contribution is 0.0963. The molecule has 1 amide bonds. The van der Waals surface area contributed by atoms with Crippen molar-refractivity contribution in [3.8, 4) is 0 Å². The van der Waals surface area contributed by atoms with Gasteiger partial charge in [0.15, 0.2) is 0 Å². The molecule has 0 bridgehead atoms. The van der Waals surface area contributed by atoms with E-state index < -0.39 is 15.4 Å². The summed E-state index contributed by atoms with van der Waals surface area (Å²) < 4.78 is 26.5. The molecule has 0 fully saturated rings. The van der Waals surface area contributed by atoms with Crippen LogP contribution in [0.3, 0.4) is 0 Å². The van der Waals surface area contributed by atoms with E-state index in [0.717, 1.165) is 0 Å². The summed E-state index contributed by atoms with van der Waals surface area (Å²) in [5.41, 5.74) is -0.142. The number of carbonyl (C=O) groups is 1. The van der Waals surface area contributed by atoms with Crippen LogP contribution < -0.4 is 10.0 Å². The fourth-order valence-corrected chi connectivity index (χ4v) is 2.60. The molecular weight excluding hydrogens is 280 g/mol. The number of sulfonamides is 1. The van der Waals surface area contributed by atoms with Crippen molar-refractivity contribution in [2.45, 2.75) is 18.7 Å². The number of carbonyl (C=O) groups excluding carboxylic acids is 1. The van der Waals surface area contributed by atoms with Crippen molar-refractivity contribution in [1.29, 1.82) is 0 Å². The summed E-state index contributed by atoms with van der Waals surface area (Å²) in [6.07, 6.45) is 0. The van der Waals surface area contributed by atoms with Gasteiger partial charge >= 0.3 is 0 Å². The molecule has 0 saturated heterocycles. The molecule has 1 aromatic carbocycles. The van der Waals surface area contributed by atoms with E-state index in [9.17, 15) is 13.2 Å². The van der Waals surface area contributed by atoms with Gasteiger partial charge in [-0.3, -0.25) is 4.79 Å². The van der Waals surface area contributed by atoms with Crippen LogP contribution in [0.4, 0.5) is 0 Å². The second-order valence-corrected chi connectivity index (χ2v) is 7.02. The molecular formula is C13H20N2O4S. The Bertz CT molecular complexity index is 565. The van der Waals surface area contributed by atoms with Gasteiger partial charge in [0.2, 0.25) is 10.0 Å². The predicted octanol–water partition coefficient (Wildman–Crippen LogP) is 0.343. The van der Waals surface area contributed by atoms with Crippen LogP contribution >= 0.6 is 0 Å². The quantitative estimate of drug-likeness (QED) is 0.706. The van der Waals surface area contributed by atoms with Crippen LogP contribution in [0, 0.1) is 5.41 Å². The van der Waals surface area contributed by atoms with E-state index in [1.807, 2.05) is 0 Å². The normalized spacial score (nSPS) is 12.2. The highest BCUT2D eigenvalue weighted by Gasteiger charge is 2.21. The van der Waals surface area contributed by atoms with Gasteiger partial charge in [-0.05, 0) is 24.3 Å². The summed E-state index contributed by atoms with van der Waals surface area (Å²) in [5, 5.41) is 11.6. The molecule has 0 aliphatic carbocycles. The van der Waals surface area contributed by atoms with E-state index in [2.05, 4.69) is 10.0 Å². The number of aliphatic hydroxyl groups is 1. The third kappa shape index (κ3) is 4.29. The van der Waals surface area contributed by atoms with E-state index >= 15 is 0 Å². The van der Waals surface area contributed by atoms with Crippen molar-refractivity contribution in [2.24, 2.45) is 5.41 Å². The minimum atomic E-state index is -3.65. The Labute approximate surface area is 119 Å². The summed E-state index contributed by atoms with van der Waals surface area (Å²) in [6.45, 7) is 3.52. The maximum atomic E-state index is 12.1. The first-order chi connectivity index (χ1) is 9.22. The summed E-state index contributed by atoms with van der Waals surface area (Å²) in [6, 6.07) is 5.65. The van der Waals surface area contributed by atoms with Crippen molar-refractivity contribution in [2.75, 3.05) is 20.2 Å². The molecule has 1 rings (SSSR count). The summed E-state index contributed by atoms with van der Waals surface area (Å²) in [7, 11) is -2.14. The summed E-state index contributed by atoms with van der Waals surface area (Å²) >= 11 is 0. The molecule has 0 saturated carbocycles. The molecule has 0 atom stereocenters. The molecule has 7 heteroatoms. The van der Waals surface area contributed by atoms with E-state index in [1.165, 1.54) is 31.3 Å². The van der Waals surface area contributed by atoms with Gasteiger partial charge in [0.1, 0.15) is 0 Å². The monoisotopic (exact) mass is 300 g/mol. The fourth-order valence-electron chi connectivity index (χ4n) is 1.36. The van der Waals surface area contributed by atoms with Gasteiger partial charge in [0, 0.05) is 31.2 Å². The predicted molar refractivity (Wildman–Crippen MR) is 75.9 cm³/mol. The van der Waals surface area contributed by atoms with E-state index in [4.69, 9.17) is 5.11 Å². The number of nitrogens with one attached hydrogen (secondary N) is 2. The first kappa shape index (κ1) is 16.6. The third-order valence-electron chi connectivity index (χ3n) is 2.82. The van der Waals surface area contributed by atoms with E-state index in [0.29, 0.717) is 5.56 Å². The zero-order valence-corrected chi connectivity index (χ0v) is 12.6. The topological polar surface area (TPSA) is 95.5 Å².